The monoisotopic (exact) mass is 338 g/mol. The third-order valence-electron chi connectivity index (χ3n) is 3.24. The molecule has 0 unspecified atom stereocenters. The molecule has 8 nitrogen and oxygen atoms in total. The van der Waals surface area contributed by atoms with Gasteiger partial charge < -0.3 is 22.5 Å². The molecule has 0 saturated carbocycles. The first-order valence-corrected chi connectivity index (χ1v) is 8.04. The summed E-state index contributed by atoms with van der Waals surface area (Å²) in [7, 11) is -4.52. The lowest BCUT2D eigenvalue weighted by molar-refractivity contribution is -0.119. The highest BCUT2D eigenvalue weighted by molar-refractivity contribution is 7.90. The molecule has 2 rings (SSSR count). The minimum absolute atomic E-state index is 0.219. The van der Waals surface area contributed by atoms with Gasteiger partial charge in [0.05, 0.1) is 0 Å². The Morgan fingerprint density at radius 3 is 2.17 bits per heavy atom. The van der Waals surface area contributed by atoms with Crippen molar-refractivity contribution in [3.05, 3.63) is 58.6 Å². The molecule has 0 bridgehead atoms. The summed E-state index contributed by atoms with van der Waals surface area (Å²) in [5, 5.41) is 2.54. The van der Waals surface area contributed by atoms with E-state index in [1.807, 2.05) is 0 Å². The molecule has 1 amide bonds. The molecule has 124 valence electrons. The fourth-order valence-corrected chi connectivity index (χ4v) is 3.07. The SMILES string of the molecule is CC(=O)NC1(N)C=CC(=C2C=CC(N)(N)C=C2S(=O)(=O)O)C=C1. The third-order valence-corrected chi connectivity index (χ3v) is 4.14. The topological polar surface area (TPSA) is 162 Å². The van der Waals surface area contributed by atoms with Gasteiger partial charge in [-0.1, -0.05) is 18.2 Å². The number of rotatable bonds is 2. The van der Waals surface area contributed by atoms with Crippen molar-refractivity contribution in [2.24, 2.45) is 17.2 Å². The van der Waals surface area contributed by atoms with E-state index >= 15 is 0 Å². The van der Waals surface area contributed by atoms with Crippen LogP contribution in [0, 0.1) is 0 Å². The number of hydrogen-bond acceptors (Lipinski definition) is 6. The summed E-state index contributed by atoms with van der Waals surface area (Å²) >= 11 is 0. The standard InChI is InChI=1S/C14H18N4O4S/c1-9(19)18-14(17)6-2-10(3-7-14)11-4-5-13(15,16)8-12(11)23(20,21)22/h2-8H,15-17H2,1H3,(H,18,19)(H,20,21,22). The molecule has 0 fully saturated rings. The molecular weight excluding hydrogens is 320 g/mol. The summed E-state index contributed by atoms with van der Waals surface area (Å²) in [4.78, 5) is 10.7. The minimum atomic E-state index is -4.52. The van der Waals surface area contributed by atoms with Gasteiger partial charge in [0.25, 0.3) is 10.1 Å². The Morgan fingerprint density at radius 1 is 1.13 bits per heavy atom. The Labute approximate surface area is 133 Å². The minimum Gasteiger partial charge on any atom is -0.332 e. The van der Waals surface area contributed by atoms with E-state index in [0.29, 0.717) is 5.57 Å². The molecule has 0 aromatic rings. The molecule has 8 N–H and O–H groups in total. The number of nitrogens with one attached hydrogen (secondary N) is 1. The quantitative estimate of drug-likeness (QED) is 0.324. The largest absolute Gasteiger partial charge is 0.332 e. The van der Waals surface area contributed by atoms with Crippen molar-refractivity contribution in [3.8, 4) is 0 Å². The van der Waals surface area contributed by atoms with Crippen LogP contribution in [0.1, 0.15) is 6.92 Å². The second-order valence-electron chi connectivity index (χ2n) is 5.47. The van der Waals surface area contributed by atoms with Crippen LogP contribution in [0.25, 0.3) is 0 Å². The van der Waals surface area contributed by atoms with Crippen molar-refractivity contribution in [2.75, 3.05) is 0 Å². The number of hydrogen-bond donors (Lipinski definition) is 5. The van der Waals surface area contributed by atoms with Gasteiger partial charge in [0.15, 0.2) is 0 Å². The fraction of sp³-hybridized carbons (Fsp3) is 0.214. The summed E-state index contributed by atoms with van der Waals surface area (Å²) in [5.74, 6) is -0.315. The van der Waals surface area contributed by atoms with Gasteiger partial charge >= 0.3 is 0 Å². The zero-order valence-corrected chi connectivity index (χ0v) is 13.2. The van der Waals surface area contributed by atoms with Crippen LogP contribution in [-0.2, 0) is 14.9 Å². The molecule has 0 aliphatic heterocycles. The number of carbonyl (C=O) groups is 1. The molecule has 0 heterocycles. The lowest BCUT2D eigenvalue weighted by Crippen LogP contribution is -2.52. The van der Waals surface area contributed by atoms with Crippen LogP contribution in [0.2, 0.25) is 0 Å². The van der Waals surface area contributed by atoms with Gasteiger partial charge in [-0.2, -0.15) is 8.42 Å². The van der Waals surface area contributed by atoms with Crippen LogP contribution in [0.4, 0.5) is 0 Å². The van der Waals surface area contributed by atoms with Crippen molar-refractivity contribution in [1.82, 2.24) is 5.32 Å². The first-order valence-electron chi connectivity index (χ1n) is 6.60. The summed E-state index contributed by atoms with van der Waals surface area (Å²) in [6, 6.07) is 0. The zero-order valence-electron chi connectivity index (χ0n) is 12.4. The van der Waals surface area contributed by atoms with E-state index in [1.165, 1.54) is 43.4 Å². The number of allylic oxidation sites excluding steroid dienone is 5. The second kappa shape index (κ2) is 5.55. The van der Waals surface area contributed by atoms with Gasteiger partial charge in [-0.15, -0.1) is 0 Å². The fourth-order valence-electron chi connectivity index (χ4n) is 2.25. The van der Waals surface area contributed by atoms with Crippen molar-refractivity contribution in [1.29, 1.82) is 0 Å². The Morgan fingerprint density at radius 2 is 1.70 bits per heavy atom. The first-order chi connectivity index (χ1) is 10.4. The molecule has 9 heteroatoms. The highest BCUT2D eigenvalue weighted by Gasteiger charge is 2.29. The van der Waals surface area contributed by atoms with E-state index in [4.69, 9.17) is 17.2 Å². The molecule has 0 aromatic heterocycles. The molecule has 0 spiro atoms. The van der Waals surface area contributed by atoms with Crippen molar-refractivity contribution >= 4 is 16.0 Å². The van der Waals surface area contributed by atoms with Crippen LogP contribution in [0.15, 0.2) is 58.6 Å². The summed E-state index contributed by atoms with van der Waals surface area (Å²) in [6.45, 7) is 1.33. The summed E-state index contributed by atoms with van der Waals surface area (Å²) < 4.78 is 32.5. The zero-order chi connectivity index (χ0) is 17.5. The molecule has 0 radical (unpaired) electrons. The molecular formula is C14H18N4O4S. The van der Waals surface area contributed by atoms with Gasteiger partial charge in [0.1, 0.15) is 16.2 Å². The third kappa shape index (κ3) is 4.03. The lowest BCUT2D eigenvalue weighted by Gasteiger charge is -2.27. The Balaban J connectivity index is 2.48. The van der Waals surface area contributed by atoms with Crippen molar-refractivity contribution in [3.63, 3.8) is 0 Å². The Bertz CT molecular complexity index is 785. The first kappa shape index (κ1) is 17.3. The van der Waals surface area contributed by atoms with E-state index in [-0.39, 0.29) is 11.5 Å². The molecule has 2 aliphatic rings. The summed E-state index contributed by atoms with van der Waals surface area (Å²) in [5.41, 5.74) is 15.3. The molecule has 0 atom stereocenters. The predicted molar refractivity (Wildman–Crippen MR) is 85.9 cm³/mol. The maximum atomic E-state index is 11.6. The van der Waals surface area contributed by atoms with Gasteiger partial charge in [-0.3, -0.25) is 9.35 Å². The van der Waals surface area contributed by atoms with Crippen LogP contribution in [-0.4, -0.2) is 30.2 Å². The van der Waals surface area contributed by atoms with Crippen LogP contribution < -0.4 is 22.5 Å². The number of carbonyl (C=O) groups excluding carboxylic acids is 1. The second-order valence-corrected chi connectivity index (χ2v) is 6.86. The lowest BCUT2D eigenvalue weighted by atomic mass is 9.93. The maximum absolute atomic E-state index is 11.6. The van der Waals surface area contributed by atoms with Gasteiger partial charge in [0.2, 0.25) is 5.91 Å². The molecule has 0 aromatic carbocycles. The highest BCUT2D eigenvalue weighted by atomic mass is 32.2. The normalized spacial score (nSPS) is 26.2. The Hall–Kier alpha value is -2.04. The van der Waals surface area contributed by atoms with Crippen LogP contribution in [0.3, 0.4) is 0 Å². The predicted octanol–water partition coefficient (Wildman–Crippen LogP) is -0.845. The van der Waals surface area contributed by atoms with Gasteiger partial charge in [-0.05, 0) is 29.9 Å². The van der Waals surface area contributed by atoms with E-state index in [1.54, 1.807) is 0 Å². The van der Waals surface area contributed by atoms with E-state index in [9.17, 15) is 17.8 Å². The summed E-state index contributed by atoms with van der Waals surface area (Å²) in [6.07, 6.45) is 9.95. The van der Waals surface area contributed by atoms with Crippen LogP contribution >= 0.6 is 0 Å². The van der Waals surface area contributed by atoms with Crippen molar-refractivity contribution in [2.45, 2.75) is 18.2 Å². The van der Waals surface area contributed by atoms with Gasteiger partial charge in [-0.25, -0.2) is 0 Å². The van der Waals surface area contributed by atoms with E-state index in [0.717, 1.165) is 6.08 Å². The molecule has 23 heavy (non-hydrogen) atoms. The van der Waals surface area contributed by atoms with Crippen LogP contribution in [0.5, 0.6) is 0 Å². The maximum Gasteiger partial charge on any atom is 0.294 e. The smallest absolute Gasteiger partial charge is 0.294 e. The van der Waals surface area contributed by atoms with Gasteiger partial charge in [0, 0.05) is 12.5 Å². The Kier molecular flexibility index (Phi) is 4.18. The molecule has 0 saturated heterocycles. The number of amides is 1. The van der Waals surface area contributed by atoms with E-state index < -0.39 is 26.3 Å². The number of nitrogens with two attached hydrogens (primary N) is 3. The van der Waals surface area contributed by atoms with Crippen molar-refractivity contribution < 1.29 is 17.8 Å². The van der Waals surface area contributed by atoms with E-state index in [2.05, 4.69) is 5.32 Å². The highest BCUT2D eigenvalue weighted by Crippen LogP contribution is 2.30. The average molecular weight is 338 g/mol. The molecule has 2 aliphatic carbocycles. The average Bonchev–Trinajstić information content (AvgIpc) is 2.37.